The molecule has 9 nitrogen and oxygen atoms in total. The number of aromatic nitrogens is 1. The van der Waals surface area contributed by atoms with Gasteiger partial charge < -0.3 is 14.6 Å². The molecule has 0 saturated carbocycles. The number of anilines is 1. The van der Waals surface area contributed by atoms with Gasteiger partial charge in [0, 0.05) is 18.9 Å². The number of nitrogens with zero attached hydrogens (tertiary/aromatic N) is 2. The van der Waals surface area contributed by atoms with Crippen molar-refractivity contribution in [2.45, 2.75) is 32.8 Å². The molecular formula is C12H14N4O5. The third kappa shape index (κ3) is 3.88. The Bertz CT molecular complexity index is 607. The van der Waals surface area contributed by atoms with E-state index in [1.54, 1.807) is 6.92 Å². The van der Waals surface area contributed by atoms with E-state index in [2.05, 4.69) is 21.0 Å². The van der Waals surface area contributed by atoms with Crippen LogP contribution < -0.4 is 10.7 Å². The molecule has 1 aliphatic heterocycles. The number of hydrazone groups is 1. The Balaban J connectivity index is 1.88. The Morgan fingerprint density at radius 2 is 2.24 bits per heavy atom. The molecule has 21 heavy (non-hydrogen) atoms. The first-order chi connectivity index (χ1) is 9.95. The first-order valence-corrected chi connectivity index (χ1v) is 6.26. The van der Waals surface area contributed by atoms with Crippen LogP contribution in [0.3, 0.4) is 0 Å². The van der Waals surface area contributed by atoms with Crippen molar-refractivity contribution in [1.82, 2.24) is 10.6 Å². The summed E-state index contributed by atoms with van der Waals surface area (Å²) in [6.45, 7) is 3.10. The average Bonchev–Trinajstić information content (AvgIpc) is 2.84. The molecule has 2 amide bonds. The normalized spacial score (nSPS) is 15.7. The highest BCUT2D eigenvalue weighted by molar-refractivity contribution is 6.37. The number of amides is 2. The molecule has 2 N–H and O–H groups in total. The van der Waals surface area contributed by atoms with Crippen molar-refractivity contribution in [3.05, 3.63) is 11.8 Å². The number of aryl methyl sites for hydroxylation is 1. The first kappa shape index (κ1) is 14.7. The highest BCUT2D eigenvalue weighted by Crippen LogP contribution is 2.09. The minimum absolute atomic E-state index is 0.0755. The van der Waals surface area contributed by atoms with Crippen LogP contribution in [0.15, 0.2) is 15.7 Å². The van der Waals surface area contributed by atoms with Crippen molar-refractivity contribution in [3.8, 4) is 0 Å². The van der Waals surface area contributed by atoms with Gasteiger partial charge in [-0.15, -0.1) is 0 Å². The number of hydrogen-bond donors (Lipinski definition) is 2. The smallest absolute Gasteiger partial charge is 0.355 e. The Morgan fingerprint density at radius 1 is 1.48 bits per heavy atom. The minimum atomic E-state index is -1.03. The van der Waals surface area contributed by atoms with Crippen LogP contribution in [0.25, 0.3) is 0 Å². The van der Waals surface area contributed by atoms with Gasteiger partial charge in [0.05, 0.1) is 0 Å². The van der Waals surface area contributed by atoms with Crippen molar-refractivity contribution in [3.63, 3.8) is 0 Å². The van der Waals surface area contributed by atoms with Crippen molar-refractivity contribution in [1.29, 1.82) is 0 Å². The Labute approximate surface area is 119 Å². The summed E-state index contributed by atoms with van der Waals surface area (Å²) in [6, 6.07) is 1.53. The van der Waals surface area contributed by atoms with Gasteiger partial charge >= 0.3 is 5.97 Å². The lowest BCUT2D eigenvalue weighted by atomic mass is 10.2. The fourth-order valence-electron chi connectivity index (χ4n) is 1.56. The second-order valence-electron chi connectivity index (χ2n) is 4.45. The van der Waals surface area contributed by atoms with Gasteiger partial charge in [-0.25, -0.2) is 10.2 Å². The Morgan fingerprint density at radius 3 is 2.81 bits per heavy atom. The van der Waals surface area contributed by atoms with E-state index in [0.717, 1.165) is 0 Å². The van der Waals surface area contributed by atoms with E-state index in [1.807, 2.05) is 0 Å². The zero-order valence-corrected chi connectivity index (χ0v) is 11.5. The van der Waals surface area contributed by atoms with E-state index in [1.165, 1.54) is 13.0 Å². The zero-order valence-electron chi connectivity index (χ0n) is 11.5. The second kappa shape index (κ2) is 6.16. The molecular weight excluding hydrogens is 280 g/mol. The van der Waals surface area contributed by atoms with Gasteiger partial charge in [0.15, 0.2) is 11.9 Å². The summed E-state index contributed by atoms with van der Waals surface area (Å²) in [7, 11) is 0. The van der Waals surface area contributed by atoms with Crippen LogP contribution >= 0.6 is 0 Å². The van der Waals surface area contributed by atoms with E-state index in [-0.39, 0.29) is 30.3 Å². The molecule has 0 aromatic carbocycles. The molecule has 1 aromatic heterocycles. The van der Waals surface area contributed by atoms with Crippen LogP contribution in [0, 0.1) is 6.92 Å². The van der Waals surface area contributed by atoms with E-state index < -0.39 is 18.0 Å². The number of nitrogens with one attached hydrogen (secondary N) is 2. The van der Waals surface area contributed by atoms with Crippen molar-refractivity contribution in [2.75, 3.05) is 5.32 Å². The van der Waals surface area contributed by atoms with Crippen LogP contribution in [0.5, 0.6) is 0 Å². The standard InChI is InChI=1S/C12H14N4O5/c1-6-5-9(16-21-6)13-11(18)7(2)20-12(19)8-3-4-10(17)15-14-8/h5,7H,3-4H2,1-2H3,(H,15,17)(H,13,16,18)/t7-/m1/s1. The molecule has 9 heteroatoms. The maximum Gasteiger partial charge on any atom is 0.355 e. The predicted molar refractivity (Wildman–Crippen MR) is 70.2 cm³/mol. The molecule has 2 rings (SSSR count). The molecule has 1 aliphatic rings. The van der Waals surface area contributed by atoms with Crippen LogP contribution in [0.4, 0.5) is 5.82 Å². The summed E-state index contributed by atoms with van der Waals surface area (Å²) in [4.78, 5) is 34.5. The molecule has 1 aromatic rings. The summed E-state index contributed by atoms with van der Waals surface area (Å²) in [5.41, 5.74) is 2.26. The number of carbonyl (C=O) groups is 3. The average molecular weight is 294 g/mol. The molecule has 0 saturated heterocycles. The number of carbonyl (C=O) groups excluding carboxylic acids is 3. The third-order valence-corrected chi connectivity index (χ3v) is 2.67. The largest absolute Gasteiger partial charge is 0.448 e. The molecule has 0 unspecified atom stereocenters. The van der Waals surface area contributed by atoms with E-state index >= 15 is 0 Å². The van der Waals surface area contributed by atoms with Crippen molar-refractivity contribution in [2.24, 2.45) is 5.10 Å². The molecule has 2 heterocycles. The van der Waals surface area contributed by atoms with Gasteiger partial charge in [0.2, 0.25) is 5.91 Å². The summed E-state index contributed by atoms with van der Waals surface area (Å²) < 4.78 is 9.77. The molecule has 0 spiro atoms. The van der Waals surface area contributed by atoms with Crippen LogP contribution in [-0.2, 0) is 19.1 Å². The van der Waals surface area contributed by atoms with E-state index in [9.17, 15) is 14.4 Å². The van der Waals surface area contributed by atoms with Gasteiger partial charge in [-0.2, -0.15) is 5.10 Å². The SMILES string of the molecule is Cc1cc(NC(=O)[C@@H](C)OC(=O)C2=NNC(=O)CC2)no1. The minimum Gasteiger partial charge on any atom is -0.448 e. The zero-order chi connectivity index (χ0) is 15.4. The number of ether oxygens (including phenoxy) is 1. The lowest BCUT2D eigenvalue weighted by molar-refractivity contribution is -0.146. The molecule has 112 valence electrons. The van der Waals surface area contributed by atoms with Crippen LogP contribution in [0.2, 0.25) is 0 Å². The van der Waals surface area contributed by atoms with Crippen LogP contribution in [-0.4, -0.2) is 34.8 Å². The van der Waals surface area contributed by atoms with E-state index in [4.69, 9.17) is 9.26 Å². The lowest BCUT2D eigenvalue weighted by Crippen LogP contribution is -2.35. The summed E-state index contributed by atoms with van der Waals surface area (Å²) in [5.74, 6) is -0.769. The highest BCUT2D eigenvalue weighted by Gasteiger charge is 2.24. The van der Waals surface area contributed by atoms with Gasteiger partial charge in [-0.3, -0.25) is 9.59 Å². The fraction of sp³-hybridized carbons (Fsp3) is 0.417. The van der Waals surface area contributed by atoms with Crippen molar-refractivity contribution >= 4 is 29.3 Å². The summed E-state index contributed by atoms with van der Waals surface area (Å²) in [6.07, 6.45) is -0.691. The number of rotatable bonds is 4. The fourth-order valence-corrected chi connectivity index (χ4v) is 1.56. The van der Waals surface area contributed by atoms with Gasteiger partial charge in [0.1, 0.15) is 11.5 Å². The number of hydrogen-bond acceptors (Lipinski definition) is 7. The molecule has 0 bridgehead atoms. The maximum atomic E-state index is 11.8. The van der Waals surface area contributed by atoms with Crippen molar-refractivity contribution < 1.29 is 23.6 Å². The number of esters is 1. The van der Waals surface area contributed by atoms with E-state index in [0.29, 0.717) is 5.76 Å². The summed E-state index contributed by atoms with van der Waals surface area (Å²) >= 11 is 0. The Kier molecular flexibility index (Phi) is 4.31. The highest BCUT2D eigenvalue weighted by atomic mass is 16.5. The predicted octanol–water partition coefficient (Wildman–Crippen LogP) is 0.119. The van der Waals surface area contributed by atoms with Gasteiger partial charge in [-0.1, -0.05) is 5.16 Å². The Hall–Kier alpha value is -2.71. The second-order valence-corrected chi connectivity index (χ2v) is 4.45. The quantitative estimate of drug-likeness (QED) is 0.760. The summed E-state index contributed by atoms with van der Waals surface area (Å²) in [5, 5.41) is 9.64. The molecule has 0 aliphatic carbocycles. The molecule has 0 radical (unpaired) electrons. The lowest BCUT2D eigenvalue weighted by Gasteiger charge is -2.15. The maximum absolute atomic E-state index is 11.8. The monoisotopic (exact) mass is 294 g/mol. The van der Waals surface area contributed by atoms with Crippen LogP contribution in [0.1, 0.15) is 25.5 Å². The first-order valence-electron chi connectivity index (χ1n) is 6.26. The topological polar surface area (TPSA) is 123 Å². The molecule has 1 atom stereocenters. The molecule has 0 fully saturated rings. The van der Waals surface area contributed by atoms with Gasteiger partial charge in [0.25, 0.3) is 5.91 Å². The third-order valence-electron chi connectivity index (χ3n) is 2.67. The van der Waals surface area contributed by atoms with Gasteiger partial charge in [-0.05, 0) is 13.8 Å².